The van der Waals surface area contributed by atoms with Crippen LogP contribution in [0.4, 0.5) is 0 Å². The molecular formula is C22H33ClN2O2. The molecule has 3 atom stereocenters. The lowest BCUT2D eigenvalue weighted by Crippen LogP contribution is -2.44. The van der Waals surface area contributed by atoms with E-state index in [0.717, 1.165) is 43.7 Å². The first-order valence-electron chi connectivity index (χ1n) is 10.4. The molecule has 0 radical (unpaired) electrons. The minimum Gasteiger partial charge on any atom is -0.487 e. The number of ether oxygens (including phenoxy) is 1. The largest absolute Gasteiger partial charge is 0.487 e. The molecular weight excluding hydrogens is 360 g/mol. The molecule has 1 spiro atoms. The van der Waals surface area contributed by atoms with E-state index >= 15 is 0 Å². The zero-order chi connectivity index (χ0) is 18.0. The van der Waals surface area contributed by atoms with Crippen molar-refractivity contribution in [2.45, 2.75) is 69.9 Å². The summed E-state index contributed by atoms with van der Waals surface area (Å²) in [6.07, 6.45) is 8.68. The highest BCUT2D eigenvalue weighted by atomic mass is 35.5. The van der Waals surface area contributed by atoms with Crippen LogP contribution < -0.4 is 15.4 Å². The standard InChI is InChI=1S/C22H32N2O2.ClH/c1-16(17-7-6-12-23-15-17)13-21(25)24-19-14-22(10-4-5-11-22)26-20-9-3-2-8-18(19)20;/h2-3,8-9,16-17,19,23H,4-7,10-15H2,1H3,(H,24,25);1H. The van der Waals surface area contributed by atoms with Gasteiger partial charge in [-0.15, -0.1) is 12.4 Å². The minimum atomic E-state index is -0.0643. The fraction of sp³-hybridized carbons (Fsp3) is 0.682. The van der Waals surface area contributed by atoms with Crippen molar-refractivity contribution in [1.29, 1.82) is 0 Å². The Bertz CT molecular complexity index is 639. The minimum absolute atomic E-state index is 0. The van der Waals surface area contributed by atoms with Gasteiger partial charge in [-0.2, -0.15) is 0 Å². The average Bonchev–Trinajstić information content (AvgIpc) is 3.09. The van der Waals surface area contributed by atoms with Crippen molar-refractivity contribution in [3.05, 3.63) is 29.8 Å². The van der Waals surface area contributed by atoms with Crippen LogP contribution in [0, 0.1) is 11.8 Å². The Morgan fingerprint density at radius 1 is 1.30 bits per heavy atom. The van der Waals surface area contributed by atoms with Crippen molar-refractivity contribution >= 4 is 18.3 Å². The van der Waals surface area contributed by atoms with Crippen molar-refractivity contribution in [1.82, 2.24) is 10.6 Å². The molecule has 27 heavy (non-hydrogen) atoms. The van der Waals surface area contributed by atoms with Crippen LogP contribution in [0.25, 0.3) is 0 Å². The maximum absolute atomic E-state index is 12.8. The number of nitrogens with one attached hydrogen (secondary N) is 2. The number of benzene rings is 1. The van der Waals surface area contributed by atoms with Crippen LogP contribution in [0.15, 0.2) is 24.3 Å². The number of para-hydroxylation sites is 1. The Labute approximate surface area is 169 Å². The van der Waals surface area contributed by atoms with E-state index < -0.39 is 0 Å². The molecule has 2 aliphatic heterocycles. The first-order valence-corrected chi connectivity index (χ1v) is 10.4. The van der Waals surface area contributed by atoms with Crippen molar-refractivity contribution in [2.75, 3.05) is 13.1 Å². The number of hydrogen-bond acceptors (Lipinski definition) is 3. The summed E-state index contributed by atoms with van der Waals surface area (Å²) in [4.78, 5) is 12.8. The van der Waals surface area contributed by atoms with Crippen LogP contribution in [-0.4, -0.2) is 24.6 Å². The predicted molar refractivity (Wildman–Crippen MR) is 110 cm³/mol. The topological polar surface area (TPSA) is 50.4 Å². The second-order valence-corrected chi connectivity index (χ2v) is 8.64. The van der Waals surface area contributed by atoms with Crippen molar-refractivity contribution < 1.29 is 9.53 Å². The van der Waals surface area contributed by atoms with E-state index in [1.807, 2.05) is 12.1 Å². The fourth-order valence-corrected chi connectivity index (χ4v) is 5.15. The second kappa shape index (κ2) is 8.83. The highest BCUT2D eigenvalue weighted by Crippen LogP contribution is 2.47. The molecule has 150 valence electrons. The van der Waals surface area contributed by atoms with Gasteiger partial charge in [0.15, 0.2) is 0 Å². The molecule has 1 aromatic rings. The molecule has 2 N–H and O–H groups in total. The van der Waals surface area contributed by atoms with Gasteiger partial charge in [-0.1, -0.05) is 25.1 Å². The zero-order valence-corrected chi connectivity index (χ0v) is 17.2. The van der Waals surface area contributed by atoms with E-state index in [9.17, 15) is 4.79 Å². The van der Waals surface area contributed by atoms with Gasteiger partial charge in [-0.3, -0.25) is 4.79 Å². The van der Waals surface area contributed by atoms with Crippen LogP contribution in [0.3, 0.4) is 0 Å². The maximum Gasteiger partial charge on any atom is 0.220 e. The predicted octanol–water partition coefficient (Wildman–Crippen LogP) is 4.39. The van der Waals surface area contributed by atoms with Gasteiger partial charge in [0.05, 0.1) is 6.04 Å². The molecule has 0 aromatic heterocycles. The zero-order valence-electron chi connectivity index (χ0n) is 16.3. The quantitative estimate of drug-likeness (QED) is 0.799. The number of carbonyl (C=O) groups is 1. The molecule has 2 fully saturated rings. The molecule has 1 amide bonds. The van der Waals surface area contributed by atoms with Gasteiger partial charge < -0.3 is 15.4 Å². The lowest BCUT2D eigenvalue weighted by molar-refractivity contribution is -0.123. The molecule has 3 aliphatic rings. The highest BCUT2D eigenvalue weighted by Gasteiger charge is 2.43. The molecule has 1 aromatic carbocycles. The third-order valence-corrected chi connectivity index (χ3v) is 6.69. The van der Waals surface area contributed by atoms with Gasteiger partial charge in [-0.25, -0.2) is 0 Å². The molecule has 0 bridgehead atoms. The number of hydrogen-bond donors (Lipinski definition) is 2. The Kier molecular flexibility index (Phi) is 6.69. The van der Waals surface area contributed by atoms with Crippen LogP contribution >= 0.6 is 12.4 Å². The Morgan fingerprint density at radius 2 is 2.07 bits per heavy atom. The molecule has 1 aliphatic carbocycles. The molecule has 3 unspecified atom stereocenters. The Hall–Kier alpha value is -1.26. The average molecular weight is 393 g/mol. The highest BCUT2D eigenvalue weighted by molar-refractivity contribution is 5.85. The maximum atomic E-state index is 12.8. The van der Waals surface area contributed by atoms with Gasteiger partial charge in [-0.05, 0) is 69.5 Å². The SMILES string of the molecule is CC(CC(=O)NC1CC2(CCCC2)Oc2ccccc21)C1CCCNC1.Cl. The first kappa shape index (κ1) is 20.5. The van der Waals surface area contributed by atoms with Crippen molar-refractivity contribution in [3.63, 3.8) is 0 Å². The third-order valence-electron chi connectivity index (χ3n) is 6.69. The summed E-state index contributed by atoms with van der Waals surface area (Å²) in [5.74, 6) is 2.21. The first-order chi connectivity index (χ1) is 12.7. The molecule has 1 saturated heterocycles. The van der Waals surface area contributed by atoms with Crippen LogP contribution in [0.2, 0.25) is 0 Å². The number of carbonyl (C=O) groups excluding carboxylic acids is 1. The van der Waals surface area contributed by atoms with Crippen LogP contribution in [-0.2, 0) is 4.79 Å². The lowest BCUT2D eigenvalue weighted by atomic mass is 9.84. The van der Waals surface area contributed by atoms with E-state index in [1.165, 1.54) is 25.7 Å². The van der Waals surface area contributed by atoms with E-state index in [4.69, 9.17) is 4.74 Å². The number of piperidine rings is 1. The Balaban J connectivity index is 0.00000210. The molecule has 4 rings (SSSR count). The normalized spacial score (nSPS) is 27.1. The summed E-state index contributed by atoms with van der Waals surface area (Å²) in [5.41, 5.74) is 1.08. The summed E-state index contributed by atoms with van der Waals surface area (Å²) in [7, 11) is 0. The third kappa shape index (κ3) is 4.60. The van der Waals surface area contributed by atoms with Gasteiger partial charge in [0, 0.05) is 18.4 Å². The summed E-state index contributed by atoms with van der Waals surface area (Å²) in [6, 6.07) is 8.33. The lowest BCUT2D eigenvalue weighted by Gasteiger charge is -2.40. The number of rotatable bonds is 4. The monoisotopic (exact) mass is 392 g/mol. The summed E-state index contributed by atoms with van der Waals surface area (Å²) < 4.78 is 6.41. The summed E-state index contributed by atoms with van der Waals surface area (Å²) in [6.45, 7) is 4.40. The summed E-state index contributed by atoms with van der Waals surface area (Å²) in [5, 5.41) is 6.82. The van der Waals surface area contributed by atoms with E-state index in [2.05, 4.69) is 29.7 Å². The molecule has 5 heteroatoms. The van der Waals surface area contributed by atoms with Gasteiger partial charge in [0.1, 0.15) is 11.4 Å². The van der Waals surface area contributed by atoms with E-state index in [0.29, 0.717) is 18.3 Å². The van der Waals surface area contributed by atoms with Gasteiger partial charge in [0.25, 0.3) is 0 Å². The smallest absolute Gasteiger partial charge is 0.220 e. The van der Waals surface area contributed by atoms with Crippen molar-refractivity contribution in [3.8, 4) is 5.75 Å². The number of fused-ring (bicyclic) bond motifs is 1. The molecule has 4 nitrogen and oxygen atoms in total. The van der Waals surface area contributed by atoms with Crippen LogP contribution in [0.5, 0.6) is 5.75 Å². The van der Waals surface area contributed by atoms with Gasteiger partial charge >= 0.3 is 0 Å². The van der Waals surface area contributed by atoms with E-state index in [-0.39, 0.29) is 30.0 Å². The second-order valence-electron chi connectivity index (χ2n) is 8.64. The number of halogens is 1. The Morgan fingerprint density at radius 3 is 2.81 bits per heavy atom. The molecule has 1 saturated carbocycles. The van der Waals surface area contributed by atoms with Crippen molar-refractivity contribution in [2.24, 2.45) is 11.8 Å². The van der Waals surface area contributed by atoms with Crippen LogP contribution in [0.1, 0.15) is 69.9 Å². The van der Waals surface area contributed by atoms with Gasteiger partial charge in [0.2, 0.25) is 5.91 Å². The fourth-order valence-electron chi connectivity index (χ4n) is 5.15. The number of amides is 1. The van der Waals surface area contributed by atoms with E-state index in [1.54, 1.807) is 0 Å². The molecule has 2 heterocycles. The summed E-state index contributed by atoms with van der Waals surface area (Å²) >= 11 is 0.